The summed E-state index contributed by atoms with van der Waals surface area (Å²) >= 11 is 0. The second-order valence-corrected chi connectivity index (χ2v) is 7.41. The second-order valence-electron chi connectivity index (χ2n) is 7.41. The van der Waals surface area contributed by atoms with Crippen molar-refractivity contribution >= 4 is 23.3 Å². The Morgan fingerprint density at radius 2 is 2.07 bits per heavy atom. The largest absolute Gasteiger partial charge is 0.419 e. The fourth-order valence-electron chi connectivity index (χ4n) is 3.80. The Morgan fingerprint density at radius 3 is 2.73 bits per heavy atom. The van der Waals surface area contributed by atoms with Gasteiger partial charge in [0.2, 0.25) is 5.91 Å². The Balaban J connectivity index is 1.55. The number of benzene rings is 1. The van der Waals surface area contributed by atoms with Crippen molar-refractivity contribution in [3.8, 4) is 0 Å². The molecule has 1 saturated heterocycles. The zero-order valence-electron chi connectivity index (χ0n) is 16.0. The maximum absolute atomic E-state index is 13.5. The molecular weight excluding hydrogens is 406 g/mol. The minimum Gasteiger partial charge on any atom is -0.314 e. The standard InChI is InChI=1S/C19H19F4N5O2/c1-11-9-28-16(15(8-24-28)26-6-2-3-17(26)29)10-27(11)18(30)25-12-4-5-14(20)13(7-12)19(21,22)23/h4-5,7-8,11H,2-3,6,9-10H2,1H3,(H,25,30). The number of aromatic nitrogens is 2. The Bertz CT molecular complexity index is 1000. The molecule has 1 unspecified atom stereocenters. The highest BCUT2D eigenvalue weighted by molar-refractivity contribution is 5.96. The van der Waals surface area contributed by atoms with Crippen molar-refractivity contribution in [2.24, 2.45) is 0 Å². The minimum atomic E-state index is -4.87. The summed E-state index contributed by atoms with van der Waals surface area (Å²) in [6.45, 7) is 2.88. The number of amides is 3. The molecule has 0 spiro atoms. The first-order valence-corrected chi connectivity index (χ1v) is 9.44. The molecule has 2 aliphatic rings. The van der Waals surface area contributed by atoms with Crippen molar-refractivity contribution in [3.05, 3.63) is 41.5 Å². The van der Waals surface area contributed by atoms with Crippen molar-refractivity contribution in [3.63, 3.8) is 0 Å². The van der Waals surface area contributed by atoms with Gasteiger partial charge in [-0.1, -0.05) is 0 Å². The van der Waals surface area contributed by atoms with Crippen molar-refractivity contribution in [1.29, 1.82) is 0 Å². The number of nitrogens with zero attached hydrogens (tertiary/aromatic N) is 4. The van der Waals surface area contributed by atoms with E-state index in [0.29, 0.717) is 43.0 Å². The molecule has 1 N–H and O–H groups in total. The number of fused-ring (bicyclic) bond motifs is 1. The minimum absolute atomic E-state index is 0.00795. The number of nitrogens with one attached hydrogen (secondary N) is 1. The highest BCUT2D eigenvalue weighted by Gasteiger charge is 2.36. The third-order valence-electron chi connectivity index (χ3n) is 5.36. The second kappa shape index (κ2) is 7.29. The molecule has 1 fully saturated rings. The van der Waals surface area contributed by atoms with Gasteiger partial charge in [-0.05, 0) is 31.5 Å². The van der Waals surface area contributed by atoms with E-state index >= 15 is 0 Å². The summed E-state index contributed by atoms with van der Waals surface area (Å²) in [5, 5.41) is 6.72. The lowest BCUT2D eigenvalue weighted by Gasteiger charge is -2.35. The fraction of sp³-hybridized carbons (Fsp3) is 0.421. The van der Waals surface area contributed by atoms with Crippen LogP contribution in [0.15, 0.2) is 24.4 Å². The Hall–Kier alpha value is -3.11. The lowest BCUT2D eigenvalue weighted by atomic mass is 10.1. The van der Waals surface area contributed by atoms with Crippen molar-refractivity contribution in [2.45, 2.75) is 45.1 Å². The van der Waals surface area contributed by atoms with E-state index in [1.807, 2.05) is 0 Å². The third-order valence-corrected chi connectivity index (χ3v) is 5.36. The summed E-state index contributed by atoms with van der Waals surface area (Å²) in [5.74, 6) is -1.41. The fourth-order valence-corrected chi connectivity index (χ4v) is 3.80. The molecule has 4 rings (SSSR count). The van der Waals surface area contributed by atoms with E-state index in [-0.39, 0.29) is 24.2 Å². The average Bonchev–Trinajstić information content (AvgIpc) is 3.26. The third kappa shape index (κ3) is 3.59. The Morgan fingerprint density at radius 1 is 1.30 bits per heavy atom. The van der Waals surface area contributed by atoms with Crippen LogP contribution in [0, 0.1) is 5.82 Å². The van der Waals surface area contributed by atoms with Gasteiger partial charge in [0, 0.05) is 18.7 Å². The highest BCUT2D eigenvalue weighted by atomic mass is 19.4. The molecular formula is C19H19F4N5O2. The summed E-state index contributed by atoms with van der Waals surface area (Å²) in [6.07, 6.45) is -2.07. The molecule has 1 aromatic carbocycles. The van der Waals surface area contributed by atoms with E-state index in [0.717, 1.165) is 12.5 Å². The first-order chi connectivity index (χ1) is 14.1. The molecule has 2 aliphatic heterocycles. The van der Waals surface area contributed by atoms with Crippen LogP contribution in [0.5, 0.6) is 0 Å². The molecule has 30 heavy (non-hydrogen) atoms. The number of hydrogen-bond donors (Lipinski definition) is 1. The van der Waals surface area contributed by atoms with Gasteiger partial charge in [0.15, 0.2) is 0 Å². The number of anilines is 2. The Labute approximate surface area is 169 Å². The summed E-state index contributed by atoms with van der Waals surface area (Å²) in [4.78, 5) is 28.0. The van der Waals surface area contributed by atoms with Gasteiger partial charge < -0.3 is 15.1 Å². The number of hydrogen-bond acceptors (Lipinski definition) is 3. The molecule has 0 radical (unpaired) electrons. The van der Waals surface area contributed by atoms with Gasteiger partial charge in [-0.25, -0.2) is 9.18 Å². The maximum atomic E-state index is 13.5. The van der Waals surface area contributed by atoms with Crippen LogP contribution < -0.4 is 10.2 Å². The Kier molecular flexibility index (Phi) is 4.91. The van der Waals surface area contributed by atoms with Gasteiger partial charge in [0.05, 0.1) is 42.3 Å². The SMILES string of the molecule is CC1Cn2ncc(N3CCCC3=O)c2CN1C(=O)Nc1ccc(F)c(C(F)(F)F)c1. The molecule has 0 saturated carbocycles. The van der Waals surface area contributed by atoms with E-state index in [9.17, 15) is 27.2 Å². The van der Waals surface area contributed by atoms with Gasteiger partial charge in [0.25, 0.3) is 0 Å². The van der Waals surface area contributed by atoms with Gasteiger partial charge in [-0.2, -0.15) is 18.3 Å². The normalized spacial score (nSPS) is 19.2. The van der Waals surface area contributed by atoms with E-state index < -0.39 is 23.6 Å². The zero-order chi connectivity index (χ0) is 21.6. The summed E-state index contributed by atoms with van der Waals surface area (Å²) < 4.78 is 54.0. The van der Waals surface area contributed by atoms with Crippen LogP contribution in [0.4, 0.5) is 33.7 Å². The lowest BCUT2D eigenvalue weighted by molar-refractivity contribution is -0.139. The molecule has 160 valence electrons. The van der Waals surface area contributed by atoms with Gasteiger partial charge in [-0.15, -0.1) is 0 Å². The zero-order valence-corrected chi connectivity index (χ0v) is 16.0. The van der Waals surface area contributed by atoms with E-state index in [1.165, 1.54) is 4.90 Å². The highest BCUT2D eigenvalue weighted by Crippen LogP contribution is 2.34. The molecule has 3 amide bonds. The van der Waals surface area contributed by atoms with Crippen LogP contribution in [-0.2, 0) is 24.1 Å². The number of carbonyl (C=O) groups is 2. The molecule has 0 bridgehead atoms. The van der Waals surface area contributed by atoms with Crippen LogP contribution in [0.25, 0.3) is 0 Å². The molecule has 0 aliphatic carbocycles. The van der Waals surface area contributed by atoms with E-state index in [4.69, 9.17) is 0 Å². The molecule has 1 aromatic heterocycles. The van der Waals surface area contributed by atoms with Crippen molar-refractivity contribution < 1.29 is 27.2 Å². The summed E-state index contributed by atoms with van der Waals surface area (Å²) in [7, 11) is 0. The van der Waals surface area contributed by atoms with Crippen LogP contribution in [-0.4, -0.2) is 39.2 Å². The molecule has 11 heteroatoms. The topological polar surface area (TPSA) is 70.5 Å². The predicted molar refractivity (Wildman–Crippen MR) is 99.2 cm³/mol. The molecule has 7 nitrogen and oxygen atoms in total. The van der Waals surface area contributed by atoms with Crippen molar-refractivity contribution in [1.82, 2.24) is 14.7 Å². The number of rotatable bonds is 2. The van der Waals surface area contributed by atoms with Crippen molar-refractivity contribution in [2.75, 3.05) is 16.8 Å². The van der Waals surface area contributed by atoms with Crippen LogP contribution >= 0.6 is 0 Å². The number of alkyl halides is 3. The van der Waals surface area contributed by atoms with E-state index in [2.05, 4.69) is 10.4 Å². The average molecular weight is 425 g/mol. The van der Waals surface area contributed by atoms with Gasteiger partial charge in [-0.3, -0.25) is 9.48 Å². The first-order valence-electron chi connectivity index (χ1n) is 9.44. The maximum Gasteiger partial charge on any atom is 0.419 e. The van der Waals surface area contributed by atoms with E-state index in [1.54, 1.807) is 22.7 Å². The summed E-state index contributed by atoms with van der Waals surface area (Å²) in [5.41, 5.74) is -0.272. The monoisotopic (exact) mass is 425 g/mol. The van der Waals surface area contributed by atoms with Crippen LogP contribution in [0.2, 0.25) is 0 Å². The number of urea groups is 1. The predicted octanol–water partition coefficient (Wildman–Crippen LogP) is 3.60. The molecule has 2 aromatic rings. The molecule has 3 heterocycles. The summed E-state index contributed by atoms with van der Waals surface area (Å²) in [6, 6.07) is 1.41. The smallest absolute Gasteiger partial charge is 0.314 e. The lowest BCUT2D eigenvalue weighted by Crippen LogP contribution is -2.47. The number of halogens is 4. The quantitative estimate of drug-likeness (QED) is 0.748. The number of carbonyl (C=O) groups excluding carboxylic acids is 2. The first kappa shape index (κ1) is 20.2. The molecule has 1 atom stereocenters. The van der Waals surface area contributed by atoms with Gasteiger partial charge in [0.1, 0.15) is 5.82 Å². The van der Waals surface area contributed by atoms with Crippen LogP contribution in [0.1, 0.15) is 31.0 Å². The van der Waals surface area contributed by atoms with Crippen LogP contribution in [0.3, 0.4) is 0 Å². The van der Waals surface area contributed by atoms with Gasteiger partial charge >= 0.3 is 12.2 Å².